The number of imide groups is 1. The maximum atomic E-state index is 11.0. The first kappa shape index (κ1) is 19.5. The van der Waals surface area contributed by atoms with E-state index in [-0.39, 0.29) is 23.8 Å². The summed E-state index contributed by atoms with van der Waals surface area (Å²) in [6.45, 7) is 5.89. The summed E-state index contributed by atoms with van der Waals surface area (Å²) in [6.07, 6.45) is 1.82. The number of nitrogens with zero attached hydrogens (tertiary/aromatic N) is 1. The van der Waals surface area contributed by atoms with E-state index in [1.165, 1.54) is 7.05 Å². The molecule has 2 N–H and O–H groups in total. The molecule has 7 nitrogen and oxygen atoms in total. The number of carbonyl (C=O) groups excluding carboxylic acids is 3. The van der Waals surface area contributed by atoms with Crippen molar-refractivity contribution in [2.75, 3.05) is 33.9 Å². The number of likely N-dealkylation sites (tertiary alicyclic amines) is 1. The molecule has 1 aliphatic rings. The van der Waals surface area contributed by atoms with Crippen molar-refractivity contribution in [2.45, 2.75) is 39.2 Å². The van der Waals surface area contributed by atoms with Gasteiger partial charge in [0.1, 0.15) is 0 Å². The third kappa shape index (κ3) is 7.77. The van der Waals surface area contributed by atoms with Crippen molar-refractivity contribution in [3.05, 3.63) is 0 Å². The summed E-state index contributed by atoms with van der Waals surface area (Å²) in [4.78, 5) is 33.8. The molecule has 0 bridgehead atoms. The highest BCUT2D eigenvalue weighted by Gasteiger charge is 2.34. The summed E-state index contributed by atoms with van der Waals surface area (Å²) < 4.78 is 5.05. The van der Waals surface area contributed by atoms with Crippen molar-refractivity contribution in [3.8, 4) is 0 Å². The van der Waals surface area contributed by atoms with Crippen LogP contribution in [0, 0.1) is 0 Å². The van der Waals surface area contributed by atoms with Crippen molar-refractivity contribution in [2.24, 2.45) is 0 Å². The van der Waals surface area contributed by atoms with Gasteiger partial charge in [-0.05, 0) is 20.4 Å². The largest absolute Gasteiger partial charge is 0.380 e. The second kappa shape index (κ2) is 11.2. The van der Waals surface area contributed by atoms with E-state index >= 15 is 0 Å². The molecular formula is C14H27N3O4. The van der Waals surface area contributed by atoms with Gasteiger partial charge in [0, 0.05) is 26.6 Å². The van der Waals surface area contributed by atoms with Crippen molar-refractivity contribution in [3.63, 3.8) is 0 Å². The summed E-state index contributed by atoms with van der Waals surface area (Å²) in [5, 5.41) is 5.52. The summed E-state index contributed by atoms with van der Waals surface area (Å²) in [5.74, 6) is -0.121. The van der Waals surface area contributed by atoms with E-state index in [2.05, 4.69) is 10.6 Å². The van der Waals surface area contributed by atoms with Gasteiger partial charge in [-0.15, -0.1) is 0 Å². The van der Waals surface area contributed by atoms with Gasteiger partial charge in [-0.2, -0.15) is 0 Å². The fraction of sp³-hybridized carbons (Fsp3) is 0.786. The molecule has 1 rings (SSSR count). The molecule has 0 aromatic rings. The van der Waals surface area contributed by atoms with Gasteiger partial charge in [-0.3, -0.25) is 19.3 Å². The van der Waals surface area contributed by atoms with Gasteiger partial charge >= 0.3 is 0 Å². The molecule has 1 aliphatic heterocycles. The zero-order valence-corrected chi connectivity index (χ0v) is 13.4. The van der Waals surface area contributed by atoms with Gasteiger partial charge in [0.05, 0.1) is 19.1 Å². The van der Waals surface area contributed by atoms with Crippen LogP contribution in [-0.4, -0.2) is 62.5 Å². The number of amides is 3. The Morgan fingerprint density at radius 3 is 2.43 bits per heavy atom. The van der Waals surface area contributed by atoms with Crippen LogP contribution in [0.1, 0.15) is 33.1 Å². The van der Waals surface area contributed by atoms with E-state index in [9.17, 15) is 14.4 Å². The molecule has 1 saturated heterocycles. The highest BCUT2D eigenvalue weighted by Crippen LogP contribution is 2.08. The number of hydrogen-bond acceptors (Lipinski definition) is 5. The quantitative estimate of drug-likeness (QED) is 0.506. The van der Waals surface area contributed by atoms with E-state index in [1.807, 2.05) is 13.8 Å². The molecule has 21 heavy (non-hydrogen) atoms. The minimum absolute atomic E-state index is 0.107. The van der Waals surface area contributed by atoms with Gasteiger partial charge in [0.15, 0.2) is 0 Å². The van der Waals surface area contributed by atoms with Gasteiger partial charge < -0.3 is 15.4 Å². The lowest BCUT2D eigenvalue weighted by molar-refractivity contribution is -0.137. The first-order chi connectivity index (χ1) is 9.97. The fourth-order valence-corrected chi connectivity index (χ4v) is 1.70. The first-order valence-corrected chi connectivity index (χ1v) is 7.29. The monoisotopic (exact) mass is 301 g/mol. The lowest BCUT2D eigenvalue weighted by Gasteiger charge is -2.06. The SMILES string of the molecule is CCCC(=O)NCCOCC.CNC1CC(=O)N(C)C1=O. The molecule has 1 heterocycles. The Morgan fingerprint density at radius 1 is 1.38 bits per heavy atom. The van der Waals surface area contributed by atoms with Gasteiger partial charge in [0.2, 0.25) is 17.7 Å². The Hall–Kier alpha value is -1.47. The number of likely N-dealkylation sites (N-methyl/N-ethyl adjacent to an activating group) is 2. The smallest absolute Gasteiger partial charge is 0.246 e. The summed E-state index contributed by atoms with van der Waals surface area (Å²) in [5.41, 5.74) is 0. The minimum Gasteiger partial charge on any atom is -0.380 e. The predicted molar refractivity (Wildman–Crippen MR) is 79.7 cm³/mol. The zero-order chi connectivity index (χ0) is 16.3. The lowest BCUT2D eigenvalue weighted by atomic mass is 10.2. The maximum absolute atomic E-state index is 11.0. The molecule has 1 atom stereocenters. The number of ether oxygens (including phenoxy) is 1. The van der Waals surface area contributed by atoms with Crippen LogP contribution in [0.15, 0.2) is 0 Å². The third-order valence-electron chi connectivity index (χ3n) is 2.98. The molecule has 0 aromatic carbocycles. The molecule has 0 spiro atoms. The summed E-state index contributed by atoms with van der Waals surface area (Å²) in [7, 11) is 3.18. The Labute approximate surface area is 126 Å². The summed E-state index contributed by atoms with van der Waals surface area (Å²) in [6, 6.07) is -0.294. The zero-order valence-electron chi connectivity index (χ0n) is 13.4. The summed E-state index contributed by atoms with van der Waals surface area (Å²) >= 11 is 0. The predicted octanol–water partition coefficient (Wildman–Crippen LogP) is -0.0977. The molecule has 1 fully saturated rings. The Kier molecular flexibility index (Phi) is 10.4. The van der Waals surface area contributed by atoms with Crippen LogP contribution in [0.5, 0.6) is 0 Å². The van der Waals surface area contributed by atoms with E-state index in [4.69, 9.17) is 4.74 Å². The normalized spacial score (nSPS) is 17.5. The minimum atomic E-state index is -0.294. The fourth-order valence-electron chi connectivity index (χ4n) is 1.70. The Bertz CT molecular complexity index is 347. The van der Waals surface area contributed by atoms with Crippen molar-refractivity contribution >= 4 is 17.7 Å². The second-order valence-corrected chi connectivity index (χ2v) is 4.63. The van der Waals surface area contributed by atoms with Crippen LogP contribution in [0.2, 0.25) is 0 Å². The molecule has 3 amide bonds. The standard InChI is InChI=1S/C8H17NO2.C6H10N2O2/c1-3-5-8(10)9-6-7-11-4-2;1-7-4-3-5(9)8(2)6(4)10/h3-7H2,1-2H3,(H,9,10);4,7H,3H2,1-2H3. The average Bonchev–Trinajstić information content (AvgIpc) is 2.72. The van der Waals surface area contributed by atoms with E-state index < -0.39 is 0 Å². The van der Waals surface area contributed by atoms with Crippen LogP contribution >= 0.6 is 0 Å². The number of rotatable bonds is 7. The van der Waals surface area contributed by atoms with Crippen molar-refractivity contribution < 1.29 is 19.1 Å². The highest BCUT2D eigenvalue weighted by atomic mass is 16.5. The molecule has 7 heteroatoms. The topological polar surface area (TPSA) is 87.7 Å². The van der Waals surface area contributed by atoms with E-state index in [0.29, 0.717) is 32.6 Å². The van der Waals surface area contributed by atoms with Crippen molar-refractivity contribution in [1.29, 1.82) is 0 Å². The average molecular weight is 301 g/mol. The maximum Gasteiger partial charge on any atom is 0.246 e. The van der Waals surface area contributed by atoms with E-state index in [0.717, 1.165) is 11.3 Å². The van der Waals surface area contributed by atoms with Crippen LogP contribution in [0.3, 0.4) is 0 Å². The molecule has 122 valence electrons. The van der Waals surface area contributed by atoms with Crippen LogP contribution in [0.25, 0.3) is 0 Å². The second-order valence-electron chi connectivity index (χ2n) is 4.63. The lowest BCUT2D eigenvalue weighted by Crippen LogP contribution is -2.34. The Morgan fingerprint density at radius 2 is 2.05 bits per heavy atom. The van der Waals surface area contributed by atoms with Gasteiger partial charge in [0.25, 0.3) is 0 Å². The molecule has 0 aliphatic carbocycles. The highest BCUT2D eigenvalue weighted by molar-refractivity contribution is 6.05. The first-order valence-electron chi connectivity index (χ1n) is 7.29. The molecule has 1 unspecified atom stereocenters. The van der Waals surface area contributed by atoms with Crippen LogP contribution < -0.4 is 10.6 Å². The Balaban J connectivity index is 0.000000382. The van der Waals surface area contributed by atoms with Crippen LogP contribution in [0.4, 0.5) is 0 Å². The van der Waals surface area contributed by atoms with Crippen molar-refractivity contribution in [1.82, 2.24) is 15.5 Å². The van der Waals surface area contributed by atoms with Crippen LogP contribution in [-0.2, 0) is 19.1 Å². The molecule has 0 saturated carbocycles. The number of carbonyl (C=O) groups is 3. The molecule has 0 radical (unpaired) electrons. The third-order valence-corrected chi connectivity index (χ3v) is 2.98. The number of hydrogen-bond donors (Lipinski definition) is 2. The van der Waals surface area contributed by atoms with Gasteiger partial charge in [-0.1, -0.05) is 6.92 Å². The van der Waals surface area contributed by atoms with Gasteiger partial charge in [-0.25, -0.2) is 0 Å². The number of nitrogens with one attached hydrogen (secondary N) is 2. The molecular weight excluding hydrogens is 274 g/mol. The molecule has 0 aromatic heterocycles. The van der Waals surface area contributed by atoms with E-state index in [1.54, 1.807) is 7.05 Å².